The fourth-order valence-corrected chi connectivity index (χ4v) is 4.14. The Morgan fingerprint density at radius 2 is 1.52 bits per heavy atom. The van der Waals surface area contributed by atoms with Crippen molar-refractivity contribution >= 4 is 29.6 Å². The van der Waals surface area contributed by atoms with Crippen LogP contribution in [0, 0.1) is 39.0 Å². The van der Waals surface area contributed by atoms with Crippen molar-refractivity contribution in [2.45, 2.75) is 27.7 Å². The molecule has 7 heteroatoms. The van der Waals surface area contributed by atoms with Gasteiger partial charge in [-0.1, -0.05) is 6.07 Å². The van der Waals surface area contributed by atoms with E-state index in [4.69, 9.17) is 5.26 Å². The first kappa shape index (κ1) is 21.8. The Morgan fingerprint density at radius 3 is 2.12 bits per heavy atom. The molecule has 3 aromatic rings. The van der Waals surface area contributed by atoms with Gasteiger partial charge in [0.2, 0.25) is 0 Å². The molecule has 2 aromatic carbocycles. The van der Waals surface area contributed by atoms with Crippen LogP contribution in [0.15, 0.2) is 54.1 Å². The SMILES string of the molecule is Cc1cc(C)cc(N2C(=O)NC(=O)/C(=C\c3cc(C)n(-c4ccc(C#N)cc4)c3C)C2=O)c1. The van der Waals surface area contributed by atoms with E-state index in [0.29, 0.717) is 16.8 Å². The summed E-state index contributed by atoms with van der Waals surface area (Å²) < 4.78 is 1.98. The van der Waals surface area contributed by atoms with Crippen molar-refractivity contribution in [3.63, 3.8) is 0 Å². The molecule has 1 aliphatic heterocycles. The number of aryl methyl sites for hydroxylation is 3. The van der Waals surface area contributed by atoms with E-state index in [1.54, 1.807) is 24.3 Å². The van der Waals surface area contributed by atoms with Crippen LogP contribution in [0.1, 0.15) is 33.6 Å². The fraction of sp³-hybridized carbons (Fsp3) is 0.154. The summed E-state index contributed by atoms with van der Waals surface area (Å²) in [7, 11) is 0. The third kappa shape index (κ3) is 3.94. The van der Waals surface area contributed by atoms with Crippen molar-refractivity contribution in [2.75, 3.05) is 4.90 Å². The van der Waals surface area contributed by atoms with E-state index >= 15 is 0 Å². The maximum Gasteiger partial charge on any atom is 0.335 e. The van der Waals surface area contributed by atoms with Crippen LogP contribution < -0.4 is 10.2 Å². The molecular formula is C26H22N4O3. The molecule has 2 heterocycles. The molecule has 0 atom stereocenters. The molecule has 0 spiro atoms. The Bertz CT molecular complexity index is 1370. The summed E-state index contributed by atoms with van der Waals surface area (Å²) in [5.74, 6) is -1.40. The van der Waals surface area contributed by atoms with Crippen LogP contribution in [-0.4, -0.2) is 22.4 Å². The zero-order valence-electron chi connectivity index (χ0n) is 18.8. The number of hydrogen-bond donors (Lipinski definition) is 1. The Balaban J connectivity index is 1.76. The molecule has 0 aliphatic carbocycles. The number of barbiturate groups is 1. The third-order valence-corrected chi connectivity index (χ3v) is 5.59. The summed E-state index contributed by atoms with van der Waals surface area (Å²) in [5.41, 5.74) is 5.92. The number of aromatic nitrogens is 1. The molecule has 164 valence electrons. The second kappa shape index (κ2) is 8.24. The summed E-state index contributed by atoms with van der Waals surface area (Å²) in [6.07, 6.45) is 1.52. The maximum absolute atomic E-state index is 13.3. The first-order valence-corrected chi connectivity index (χ1v) is 10.4. The van der Waals surface area contributed by atoms with Crippen molar-refractivity contribution in [1.82, 2.24) is 9.88 Å². The van der Waals surface area contributed by atoms with Crippen LogP contribution in [0.5, 0.6) is 0 Å². The lowest BCUT2D eigenvalue weighted by atomic mass is 10.1. The van der Waals surface area contributed by atoms with Gasteiger partial charge in [-0.25, -0.2) is 9.69 Å². The van der Waals surface area contributed by atoms with Crippen LogP contribution in [0.4, 0.5) is 10.5 Å². The maximum atomic E-state index is 13.3. The van der Waals surface area contributed by atoms with Crippen LogP contribution in [-0.2, 0) is 9.59 Å². The number of carbonyl (C=O) groups is 3. The highest BCUT2D eigenvalue weighted by Gasteiger charge is 2.37. The van der Waals surface area contributed by atoms with Crippen molar-refractivity contribution in [3.8, 4) is 11.8 Å². The lowest BCUT2D eigenvalue weighted by Gasteiger charge is -2.27. The zero-order chi connectivity index (χ0) is 23.9. The Morgan fingerprint density at radius 1 is 0.879 bits per heavy atom. The first-order valence-electron chi connectivity index (χ1n) is 10.4. The molecule has 1 aliphatic rings. The van der Waals surface area contributed by atoms with Crippen LogP contribution >= 0.6 is 0 Å². The second-order valence-corrected chi connectivity index (χ2v) is 8.12. The van der Waals surface area contributed by atoms with Gasteiger partial charge >= 0.3 is 6.03 Å². The summed E-state index contributed by atoms with van der Waals surface area (Å²) in [6, 6.07) is 15.8. The number of carbonyl (C=O) groups excluding carboxylic acids is 3. The molecule has 0 unspecified atom stereocenters. The highest BCUT2D eigenvalue weighted by Crippen LogP contribution is 2.27. The minimum Gasteiger partial charge on any atom is -0.318 e. The first-order chi connectivity index (χ1) is 15.7. The molecule has 7 nitrogen and oxygen atoms in total. The molecule has 33 heavy (non-hydrogen) atoms. The van der Waals surface area contributed by atoms with Gasteiger partial charge in [0.25, 0.3) is 11.8 Å². The number of amides is 4. The van der Waals surface area contributed by atoms with Gasteiger partial charge in [-0.05, 0) is 92.9 Å². The Kier molecular flexibility index (Phi) is 5.44. The smallest absolute Gasteiger partial charge is 0.318 e. The molecule has 0 saturated carbocycles. The number of benzene rings is 2. The number of nitrogens with one attached hydrogen (secondary N) is 1. The average Bonchev–Trinajstić information content (AvgIpc) is 3.03. The van der Waals surface area contributed by atoms with E-state index in [9.17, 15) is 14.4 Å². The molecule has 4 amide bonds. The number of nitriles is 1. The van der Waals surface area contributed by atoms with Crippen molar-refractivity contribution in [2.24, 2.45) is 0 Å². The van der Waals surface area contributed by atoms with E-state index in [2.05, 4.69) is 11.4 Å². The highest BCUT2D eigenvalue weighted by atomic mass is 16.2. The van der Waals surface area contributed by atoms with Gasteiger partial charge in [0.1, 0.15) is 5.57 Å². The van der Waals surface area contributed by atoms with E-state index in [-0.39, 0.29) is 5.57 Å². The largest absolute Gasteiger partial charge is 0.335 e. The standard InChI is InChI=1S/C26H22N4O3/c1-15-9-16(2)11-22(10-15)30-25(32)23(24(31)28-26(30)33)13-20-12-17(3)29(18(20)4)21-7-5-19(14-27)6-8-21/h5-13H,1-4H3,(H,28,31,33)/b23-13+. The van der Waals surface area contributed by atoms with Crippen LogP contribution in [0.25, 0.3) is 11.8 Å². The predicted molar refractivity (Wildman–Crippen MR) is 125 cm³/mol. The number of nitrogens with zero attached hydrogens (tertiary/aromatic N) is 3. The molecule has 1 aromatic heterocycles. The normalized spacial score (nSPS) is 15.1. The van der Waals surface area contributed by atoms with Gasteiger partial charge < -0.3 is 4.57 Å². The lowest BCUT2D eigenvalue weighted by Crippen LogP contribution is -2.54. The third-order valence-electron chi connectivity index (χ3n) is 5.59. The molecule has 0 bridgehead atoms. The van der Waals surface area contributed by atoms with Crippen LogP contribution in [0.3, 0.4) is 0 Å². The monoisotopic (exact) mass is 438 g/mol. The van der Waals surface area contributed by atoms with E-state index < -0.39 is 17.8 Å². The van der Waals surface area contributed by atoms with Crippen LogP contribution in [0.2, 0.25) is 0 Å². The minimum absolute atomic E-state index is 0.117. The molecule has 1 saturated heterocycles. The summed E-state index contributed by atoms with van der Waals surface area (Å²) >= 11 is 0. The molecule has 0 radical (unpaired) electrons. The van der Waals surface area contributed by atoms with E-state index in [1.807, 2.05) is 56.5 Å². The van der Waals surface area contributed by atoms with Gasteiger partial charge in [0.05, 0.1) is 17.3 Å². The summed E-state index contributed by atoms with van der Waals surface area (Å²) in [4.78, 5) is 39.4. The van der Waals surface area contributed by atoms with Gasteiger partial charge in [-0.2, -0.15) is 5.26 Å². The lowest BCUT2D eigenvalue weighted by molar-refractivity contribution is -0.122. The number of anilines is 1. The highest BCUT2D eigenvalue weighted by molar-refractivity contribution is 6.39. The number of urea groups is 1. The number of hydrogen-bond acceptors (Lipinski definition) is 4. The van der Waals surface area contributed by atoms with Crippen molar-refractivity contribution < 1.29 is 14.4 Å². The second-order valence-electron chi connectivity index (χ2n) is 8.12. The predicted octanol–water partition coefficient (Wildman–Crippen LogP) is 4.25. The fourth-order valence-electron chi connectivity index (χ4n) is 4.14. The number of rotatable bonds is 3. The quantitative estimate of drug-likeness (QED) is 0.489. The molecule has 4 rings (SSSR count). The average molecular weight is 438 g/mol. The molecule has 1 N–H and O–H groups in total. The Hall–Kier alpha value is -4.44. The number of imide groups is 2. The summed E-state index contributed by atoms with van der Waals surface area (Å²) in [5, 5.41) is 11.3. The topological polar surface area (TPSA) is 95.2 Å². The zero-order valence-corrected chi connectivity index (χ0v) is 18.8. The Labute approximate surface area is 191 Å². The van der Waals surface area contributed by atoms with Crippen molar-refractivity contribution in [1.29, 1.82) is 5.26 Å². The van der Waals surface area contributed by atoms with Gasteiger partial charge in [0.15, 0.2) is 0 Å². The summed E-state index contributed by atoms with van der Waals surface area (Å²) in [6.45, 7) is 7.56. The van der Waals surface area contributed by atoms with Gasteiger partial charge in [-0.15, -0.1) is 0 Å². The molecular weight excluding hydrogens is 416 g/mol. The minimum atomic E-state index is -0.768. The van der Waals surface area contributed by atoms with Gasteiger partial charge in [0, 0.05) is 17.1 Å². The van der Waals surface area contributed by atoms with E-state index in [0.717, 1.165) is 33.1 Å². The van der Waals surface area contributed by atoms with Gasteiger partial charge in [-0.3, -0.25) is 14.9 Å². The van der Waals surface area contributed by atoms with E-state index in [1.165, 1.54) is 6.08 Å². The van der Waals surface area contributed by atoms with Crippen molar-refractivity contribution in [3.05, 3.63) is 87.7 Å². The molecule has 1 fully saturated rings.